The molecule has 2 fully saturated rings. The van der Waals surface area contributed by atoms with Gasteiger partial charge in [0, 0.05) is 19.2 Å². The first-order valence-corrected chi connectivity index (χ1v) is 7.78. The molecule has 4 nitrogen and oxygen atoms in total. The highest BCUT2D eigenvalue weighted by atomic mass is 16.5. The molecule has 0 aromatic carbocycles. The van der Waals surface area contributed by atoms with E-state index in [9.17, 15) is 0 Å². The SMILES string of the molecule is c1cc(CNC2CC2)nc(COCC2CCCCO2)c1. The molecule has 0 bridgehead atoms. The fraction of sp³-hybridized carbons (Fsp3) is 0.688. The summed E-state index contributed by atoms with van der Waals surface area (Å²) in [7, 11) is 0. The summed E-state index contributed by atoms with van der Waals surface area (Å²) in [5.74, 6) is 0. The van der Waals surface area contributed by atoms with Crippen LogP contribution in [-0.4, -0.2) is 30.3 Å². The van der Waals surface area contributed by atoms with Gasteiger partial charge in [-0.05, 0) is 44.2 Å². The van der Waals surface area contributed by atoms with Crippen LogP contribution in [-0.2, 0) is 22.6 Å². The quantitative estimate of drug-likeness (QED) is 0.830. The Kier molecular flexibility index (Phi) is 5.01. The molecule has 2 heterocycles. The van der Waals surface area contributed by atoms with Crippen LogP contribution < -0.4 is 5.32 Å². The van der Waals surface area contributed by atoms with Crippen molar-refractivity contribution < 1.29 is 9.47 Å². The van der Waals surface area contributed by atoms with E-state index in [1.165, 1.54) is 25.7 Å². The van der Waals surface area contributed by atoms with Crippen LogP contribution >= 0.6 is 0 Å². The monoisotopic (exact) mass is 276 g/mol. The van der Waals surface area contributed by atoms with Gasteiger partial charge in [-0.3, -0.25) is 4.98 Å². The van der Waals surface area contributed by atoms with Crippen molar-refractivity contribution in [2.75, 3.05) is 13.2 Å². The molecule has 3 rings (SSSR count). The lowest BCUT2D eigenvalue weighted by Gasteiger charge is -2.22. The largest absolute Gasteiger partial charge is 0.376 e. The van der Waals surface area contributed by atoms with Crippen molar-refractivity contribution in [1.29, 1.82) is 0 Å². The zero-order valence-corrected chi connectivity index (χ0v) is 12.0. The molecule has 1 aliphatic heterocycles. The van der Waals surface area contributed by atoms with E-state index in [0.717, 1.165) is 37.0 Å². The predicted octanol–water partition coefficient (Wildman–Crippen LogP) is 2.42. The lowest BCUT2D eigenvalue weighted by molar-refractivity contribution is -0.0452. The summed E-state index contributed by atoms with van der Waals surface area (Å²) in [6.45, 7) is 3.02. The number of hydrogen-bond acceptors (Lipinski definition) is 4. The normalized spacial score (nSPS) is 22.9. The Morgan fingerprint density at radius 2 is 2.10 bits per heavy atom. The van der Waals surface area contributed by atoms with Crippen molar-refractivity contribution in [1.82, 2.24) is 10.3 Å². The van der Waals surface area contributed by atoms with E-state index >= 15 is 0 Å². The molecular formula is C16H24N2O2. The van der Waals surface area contributed by atoms with Crippen LogP contribution in [0.5, 0.6) is 0 Å². The molecule has 0 amide bonds. The van der Waals surface area contributed by atoms with Gasteiger partial charge in [0.1, 0.15) is 0 Å². The second kappa shape index (κ2) is 7.16. The number of ether oxygens (including phenoxy) is 2. The van der Waals surface area contributed by atoms with E-state index < -0.39 is 0 Å². The van der Waals surface area contributed by atoms with E-state index in [4.69, 9.17) is 9.47 Å². The summed E-state index contributed by atoms with van der Waals surface area (Å²) < 4.78 is 11.4. The van der Waals surface area contributed by atoms with Gasteiger partial charge in [0.05, 0.1) is 30.7 Å². The van der Waals surface area contributed by atoms with Crippen LogP contribution in [0.25, 0.3) is 0 Å². The lowest BCUT2D eigenvalue weighted by Crippen LogP contribution is -2.24. The Morgan fingerprint density at radius 1 is 1.20 bits per heavy atom. The van der Waals surface area contributed by atoms with Gasteiger partial charge in [-0.15, -0.1) is 0 Å². The van der Waals surface area contributed by atoms with Crippen molar-refractivity contribution in [2.24, 2.45) is 0 Å². The zero-order chi connectivity index (χ0) is 13.6. The van der Waals surface area contributed by atoms with E-state index in [1.54, 1.807) is 0 Å². The van der Waals surface area contributed by atoms with Crippen molar-refractivity contribution in [3.8, 4) is 0 Å². The van der Waals surface area contributed by atoms with E-state index in [0.29, 0.717) is 13.2 Å². The average molecular weight is 276 g/mol. The Bertz CT molecular complexity index is 415. The second-order valence-corrected chi connectivity index (χ2v) is 5.78. The molecule has 1 aromatic heterocycles. The third kappa shape index (κ3) is 4.54. The number of nitrogens with zero attached hydrogens (tertiary/aromatic N) is 1. The van der Waals surface area contributed by atoms with Gasteiger partial charge in [0.2, 0.25) is 0 Å². The molecule has 1 aliphatic carbocycles. The maximum atomic E-state index is 5.74. The maximum Gasteiger partial charge on any atom is 0.0889 e. The summed E-state index contributed by atoms with van der Waals surface area (Å²) >= 11 is 0. The predicted molar refractivity (Wildman–Crippen MR) is 77.3 cm³/mol. The number of rotatable bonds is 7. The van der Waals surface area contributed by atoms with Crippen molar-refractivity contribution >= 4 is 0 Å². The Hall–Kier alpha value is -0.970. The summed E-state index contributed by atoms with van der Waals surface area (Å²) in [5, 5.41) is 3.48. The highest BCUT2D eigenvalue weighted by Crippen LogP contribution is 2.19. The summed E-state index contributed by atoms with van der Waals surface area (Å²) in [6, 6.07) is 6.89. The molecule has 0 spiro atoms. The van der Waals surface area contributed by atoms with Crippen molar-refractivity contribution in [3.63, 3.8) is 0 Å². The standard InChI is InChI=1S/C16H24N2O2/c1-2-9-20-16(6-1)12-19-11-15-5-3-4-14(18-15)10-17-13-7-8-13/h3-5,13,16-17H,1-2,6-12H2. The minimum Gasteiger partial charge on any atom is -0.376 e. The summed E-state index contributed by atoms with van der Waals surface area (Å²) in [5.41, 5.74) is 2.11. The summed E-state index contributed by atoms with van der Waals surface area (Å²) in [6.07, 6.45) is 6.47. The minimum atomic E-state index is 0.281. The highest BCUT2D eigenvalue weighted by Gasteiger charge is 2.20. The fourth-order valence-electron chi connectivity index (χ4n) is 2.48. The van der Waals surface area contributed by atoms with Crippen molar-refractivity contribution in [2.45, 2.75) is 57.4 Å². The molecular weight excluding hydrogens is 252 g/mol. The van der Waals surface area contributed by atoms with Gasteiger partial charge in [-0.25, -0.2) is 0 Å². The minimum absolute atomic E-state index is 0.281. The van der Waals surface area contributed by atoms with Crippen LogP contribution in [0.3, 0.4) is 0 Å². The van der Waals surface area contributed by atoms with Crippen molar-refractivity contribution in [3.05, 3.63) is 29.6 Å². The van der Waals surface area contributed by atoms with Gasteiger partial charge < -0.3 is 14.8 Å². The molecule has 1 unspecified atom stereocenters. The maximum absolute atomic E-state index is 5.74. The molecule has 1 aromatic rings. The molecule has 2 aliphatic rings. The number of pyridine rings is 1. The van der Waals surface area contributed by atoms with E-state index in [2.05, 4.69) is 22.4 Å². The van der Waals surface area contributed by atoms with Crippen LogP contribution in [0.4, 0.5) is 0 Å². The number of aromatic nitrogens is 1. The first kappa shape index (κ1) is 14.0. The van der Waals surface area contributed by atoms with Gasteiger partial charge in [-0.2, -0.15) is 0 Å². The number of nitrogens with one attached hydrogen (secondary N) is 1. The zero-order valence-electron chi connectivity index (χ0n) is 12.0. The van der Waals surface area contributed by atoms with E-state index in [-0.39, 0.29) is 6.10 Å². The Morgan fingerprint density at radius 3 is 2.90 bits per heavy atom. The molecule has 0 radical (unpaired) electrons. The lowest BCUT2D eigenvalue weighted by atomic mass is 10.1. The van der Waals surface area contributed by atoms with Gasteiger partial charge in [-0.1, -0.05) is 6.07 Å². The van der Waals surface area contributed by atoms with Gasteiger partial charge >= 0.3 is 0 Å². The molecule has 1 saturated heterocycles. The van der Waals surface area contributed by atoms with Crippen LogP contribution in [0.1, 0.15) is 43.5 Å². The number of hydrogen-bond donors (Lipinski definition) is 1. The summed E-state index contributed by atoms with van der Waals surface area (Å²) in [4.78, 5) is 4.63. The molecule has 4 heteroatoms. The molecule has 1 N–H and O–H groups in total. The highest BCUT2D eigenvalue weighted by molar-refractivity contribution is 5.11. The third-order valence-electron chi connectivity index (χ3n) is 3.84. The van der Waals surface area contributed by atoms with Crippen LogP contribution in [0.2, 0.25) is 0 Å². The second-order valence-electron chi connectivity index (χ2n) is 5.78. The van der Waals surface area contributed by atoms with Crippen LogP contribution in [0, 0.1) is 0 Å². The topological polar surface area (TPSA) is 43.4 Å². The molecule has 20 heavy (non-hydrogen) atoms. The molecule has 110 valence electrons. The fourth-order valence-corrected chi connectivity index (χ4v) is 2.48. The Labute approximate surface area is 120 Å². The first-order valence-electron chi connectivity index (χ1n) is 7.78. The third-order valence-corrected chi connectivity index (χ3v) is 3.84. The van der Waals surface area contributed by atoms with Gasteiger partial charge in [0.25, 0.3) is 0 Å². The van der Waals surface area contributed by atoms with E-state index in [1.807, 2.05) is 6.07 Å². The molecule has 1 saturated carbocycles. The molecule has 1 atom stereocenters. The first-order chi connectivity index (χ1) is 9.90. The van der Waals surface area contributed by atoms with Crippen LogP contribution in [0.15, 0.2) is 18.2 Å². The average Bonchev–Trinajstić information content (AvgIpc) is 3.31. The van der Waals surface area contributed by atoms with Gasteiger partial charge in [0.15, 0.2) is 0 Å². The smallest absolute Gasteiger partial charge is 0.0889 e. The Balaban J connectivity index is 1.40.